The van der Waals surface area contributed by atoms with Crippen molar-refractivity contribution in [2.24, 2.45) is 11.8 Å². The van der Waals surface area contributed by atoms with Crippen LogP contribution in [0.5, 0.6) is 0 Å². The normalized spacial score (nSPS) is 28.8. The molecule has 0 spiro atoms. The van der Waals surface area contributed by atoms with Crippen LogP contribution in [0.4, 0.5) is 0 Å². The number of carbonyl (C=O) groups is 2. The molecule has 18 heavy (non-hydrogen) atoms. The Hall–Kier alpha value is -1.06. The van der Waals surface area contributed by atoms with Crippen molar-refractivity contribution in [1.29, 1.82) is 0 Å². The molecule has 4 nitrogen and oxygen atoms in total. The summed E-state index contributed by atoms with van der Waals surface area (Å²) in [5.74, 6) is 0.742. The summed E-state index contributed by atoms with van der Waals surface area (Å²) in [4.78, 5) is 26.5. The Labute approximate surface area is 109 Å². The van der Waals surface area contributed by atoms with Crippen LogP contribution in [-0.2, 0) is 9.59 Å². The highest BCUT2D eigenvalue weighted by atomic mass is 16.2. The third kappa shape index (κ3) is 2.52. The van der Waals surface area contributed by atoms with Crippen LogP contribution < -0.4 is 5.32 Å². The molecule has 1 aliphatic carbocycles. The SMILES string of the molecule is CCCCN1C(=O)C(C2CC2)NC(=O)C1C(C)C. The lowest BCUT2D eigenvalue weighted by molar-refractivity contribution is -0.151. The van der Waals surface area contributed by atoms with E-state index in [-0.39, 0.29) is 29.8 Å². The summed E-state index contributed by atoms with van der Waals surface area (Å²) in [5, 5.41) is 2.94. The van der Waals surface area contributed by atoms with Gasteiger partial charge in [0.25, 0.3) is 0 Å². The molecule has 1 heterocycles. The van der Waals surface area contributed by atoms with Crippen molar-refractivity contribution in [2.45, 2.75) is 58.5 Å². The van der Waals surface area contributed by atoms with Crippen LogP contribution >= 0.6 is 0 Å². The van der Waals surface area contributed by atoms with Gasteiger partial charge in [0.15, 0.2) is 0 Å². The first-order chi connectivity index (χ1) is 8.56. The lowest BCUT2D eigenvalue weighted by Crippen LogP contribution is -2.65. The molecule has 0 aromatic heterocycles. The van der Waals surface area contributed by atoms with E-state index in [0.29, 0.717) is 5.92 Å². The van der Waals surface area contributed by atoms with E-state index < -0.39 is 0 Å². The van der Waals surface area contributed by atoms with Gasteiger partial charge >= 0.3 is 0 Å². The molecular formula is C14H24N2O2. The Morgan fingerprint density at radius 2 is 2.00 bits per heavy atom. The maximum atomic E-state index is 12.5. The predicted octanol–water partition coefficient (Wildman–Crippen LogP) is 1.55. The standard InChI is InChI=1S/C14H24N2O2/c1-4-5-8-16-12(9(2)3)13(17)15-11(14(16)18)10-6-7-10/h9-12H,4-8H2,1-3H3,(H,15,17). The van der Waals surface area contributed by atoms with Crippen LogP contribution in [-0.4, -0.2) is 35.3 Å². The first kappa shape index (κ1) is 13.4. The first-order valence-corrected chi connectivity index (χ1v) is 7.17. The van der Waals surface area contributed by atoms with Crippen LogP contribution in [0.3, 0.4) is 0 Å². The van der Waals surface area contributed by atoms with E-state index in [1.54, 1.807) is 0 Å². The second-order valence-corrected chi connectivity index (χ2v) is 5.90. The number of rotatable bonds is 5. The highest BCUT2D eigenvalue weighted by molar-refractivity contribution is 5.97. The van der Waals surface area contributed by atoms with E-state index in [9.17, 15) is 9.59 Å². The molecule has 4 heteroatoms. The van der Waals surface area contributed by atoms with Gasteiger partial charge in [-0.2, -0.15) is 0 Å². The molecule has 0 aromatic carbocycles. The minimum absolute atomic E-state index is 0.0394. The van der Waals surface area contributed by atoms with Gasteiger partial charge in [-0.1, -0.05) is 27.2 Å². The first-order valence-electron chi connectivity index (χ1n) is 7.17. The smallest absolute Gasteiger partial charge is 0.246 e. The Morgan fingerprint density at radius 1 is 1.33 bits per heavy atom. The zero-order valence-electron chi connectivity index (χ0n) is 11.6. The quantitative estimate of drug-likeness (QED) is 0.807. The Kier molecular flexibility index (Phi) is 3.93. The van der Waals surface area contributed by atoms with Crippen molar-refractivity contribution in [2.75, 3.05) is 6.54 Å². The summed E-state index contributed by atoms with van der Waals surface area (Å²) in [6.07, 6.45) is 4.17. The molecule has 1 saturated carbocycles. The van der Waals surface area contributed by atoms with E-state index in [2.05, 4.69) is 12.2 Å². The van der Waals surface area contributed by atoms with Crippen molar-refractivity contribution in [1.82, 2.24) is 10.2 Å². The second kappa shape index (κ2) is 5.29. The number of nitrogens with one attached hydrogen (secondary N) is 1. The summed E-state index contributed by atoms with van der Waals surface area (Å²) in [6, 6.07) is -0.525. The third-order valence-electron chi connectivity index (χ3n) is 3.93. The number of amides is 2. The van der Waals surface area contributed by atoms with Gasteiger partial charge in [-0.15, -0.1) is 0 Å². The monoisotopic (exact) mass is 252 g/mol. The number of carbonyl (C=O) groups excluding carboxylic acids is 2. The second-order valence-electron chi connectivity index (χ2n) is 5.90. The van der Waals surface area contributed by atoms with Crippen molar-refractivity contribution < 1.29 is 9.59 Å². The lowest BCUT2D eigenvalue weighted by Gasteiger charge is -2.41. The molecule has 0 radical (unpaired) electrons. The largest absolute Gasteiger partial charge is 0.342 e. The van der Waals surface area contributed by atoms with Crippen LogP contribution in [0, 0.1) is 11.8 Å². The van der Waals surface area contributed by atoms with Crippen molar-refractivity contribution in [3.63, 3.8) is 0 Å². The average Bonchev–Trinajstić information content (AvgIpc) is 3.12. The van der Waals surface area contributed by atoms with Crippen LogP contribution in [0.1, 0.15) is 46.5 Å². The Balaban J connectivity index is 2.14. The number of hydrogen-bond donors (Lipinski definition) is 1. The molecule has 2 unspecified atom stereocenters. The summed E-state index contributed by atoms with van der Waals surface area (Å²) in [5.41, 5.74) is 0. The summed E-state index contributed by atoms with van der Waals surface area (Å²) in [6.45, 7) is 6.84. The number of unbranched alkanes of at least 4 members (excludes halogenated alkanes) is 1. The van der Waals surface area contributed by atoms with Crippen LogP contribution in [0.2, 0.25) is 0 Å². The van der Waals surface area contributed by atoms with Gasteiger partial charge in [-0.25, -0.2) is 0 Å². The van der Waals surface area contributed by atoms with Gasteiger partial charge in [0.2, 0.25) is 11.8 Å². The minimum atomic E-state index is -0.279. The molecule has 2 rings (SSSR count). The van der Waals surface area contributed by atoms with Gasteiger partial charge in [-0.3, -0.25) is 9.59 Å². The Morgan fingerprint density at radius 3 is 2.50 bits per heavy atom. The van der Waals surface area contributed by atoms with Gasteiger partial charge in [0.1, 0.15) is 12.1 Å². The molecule has 2 atom stereocenters. The number of nitrogens with zero attached hydrogens (tertiary/aromatic N) is 1. The predicted molar refractivity (Wildman–Crippen MR) is 69.9 cm³/mol. The fraction of sp³-hybridized carbons (Fsp3) is 0.857. The van der Waals surface area contributed by atoms with Crippen molar-refractivity contribution >= 4 is 11.8 Å². The highest BCUT2D eigenvalue weighted by Crippen LogP contribution is 2.35. The molecule has 1 N–H and O–H groups in total. The van der Waals surface area contributed by atoms with Crippen molar-refractivity contribution in [3.8, 4) is 0 Å². The Bertz CT molecular complexity index is 337. The van der Waals surface area contributed by atoms with Gasteiger partial charge in [-0.05, 0) is 31.1 Å². The van der Waals surface area contributed by atoms with Crippen LogP contribution in [0.15, 0.2) is 0 Å². The highest BCUT2D eigenvalue weighted by Gasteiger charge is 2.47. The molecule has 1 saturated heterocycles. The van der Waals surface area contributed by atoms with Gasteiger partial charge in [0, 0.05) is 6.54 Å². The third-order valence-corrected chi connectivity index (χ3v) is 3.93. The summed E-state index contributed by atoms with van der Waals surface area (Å²) in [7, 11) is 0. The van der Waals surface area contributed by atoms with Crippen LogP contribution in [0.25, 0.3) is 0 Å². The van der Waals surface area contributed by atoms with E-state index in [0.717, 1.165) is 32.2 Å². The molecule has 1 aliphatic heterocycles. The summed E-state index contributed by atoms with van der Waals surface area (Å²) >= 11 is 0. The van der Waals surface area contributed by atoms with Crippen molar-refractivity contribution in [3.05, 3.63) is 0 Å². The molecule has 2 fully saturated rings. The van der Waals surface area contributed by atoms with E-state index >= 15 is 0 Å². The molecular weight excluding hydrogens is 228 g/mol. The molecule has 0 bridgehead atoms. The topological polar surface area (TPSA) is 49.4 Å². The molecule has 102 valence electrons. The summed E-state index contributed by atoms with van der Waals surface area (Å²) < 4.78 is 0. The van der Waals surface area contributed by atoms with E-state index in [4.69, 9.17) is 0 Å². The van der Waals surface area contributed by atoms with Gasteiger partial charge < -0.3 is 10.2 Å². The fourth-order valence-electron chi connectivity index (χ4n) is 2.75. The maximum Gasteiger partial charge on any atom is 0.246 e. The number of hydrogen-bond acceptors (Lipinski definition) is 2. The van der Waals surface area contributed by atoms with E-state index in [1.165, 1.54) is 0 Å². The number of piperazine rings is 1. The minimum Gasteiger partial charge on any atom is -0.342 e. The molecule has 0 aromatic rings. The maximum absolute atomic E-state index is 12.5. The lowest BCUT2D eigenvalue weighted by atomic mass is 9.95. The van der Waals surface area contributed by atoms with Gasteiger partial charge in [0.05, 0.1) is 0 Å². The zero-order chi connectivity index (χ0) is 13.3. The van der Waals surface area contributed by atoms with E-state index in [1.807, 2.05) is 18.7 Å². The average molecular weight is 252 g/mol. The molecule has 2 amide bonds. The molecule has 2 aliphatic rings. The zero-order valence-corrected chi connectivity index (χ0v) is 11.6. The fourth-order valence-corrected chi connectivity index (χ4v) is 2.75.